The lowest BCUT2D eigenvalue weighted by Crippen LogP contribution is -2.46. The van der Waals surface area contributed by atoms with Gasteiger partial charge in [-0.05, 0) is 18.9 Å². The van der Waals surface area contributed by atoms with Gasteiger partial charge in [-0.25, -0.2) is 4.79 Å². The number of hydrogen-bond donors (Lipinski definition) is 0. The summed E-state index contributed by atoms with van der Waals surface area (Å²) < 4.78 is 0. The molecule has 1 fully saturated rings. The van der Waals surface area contributed by atoms with Gasteiger partial charge in [-0.3, -0.25) is 4.79 Å². The molecule has 0 unspecified atom stereocenters. The number of carbonyl (C=O) groups is 2. The molecule has 0 saturated carbocycles. The van der Waals surface area contributed by atoms with Crippen molar-refractivity contribution >= 4 is 11.8 Å². The molecule has 0 aromatic heterocycles. The highest BCUT2D eigenvalue weighted by molar-refractivity contribution is 5.94. The zero-order chi connectivity index (χ0) is 13.1. The minimum absolute atomic E-state index is 0.0651. The van der Waals surface area contributed by atoms with Gasteiger partial charge >= 0.3 is 6.03 Å². The molecule has 0 bridgehead atoms. The Hall–Kier alpha value is -1.84. The third kappa shape index (κ3) is 2.70. The van der Waals surface area contributed by atoms with E-state index in [0.717, 1.165) is 25.1 Å². The maximum atomic E-state index is 11.9. The second kappa shape index (κ2) is 5.21. The maximum Gasteiger partial charge on any atom is 0.320 e. The summed E-state index contributed by atoms with van der Waals surface area (Å²) in [6, 6.07) is 7.54. The maximum absolute atomic E-state index is 11.9. The lowest BCUT2D eigenvalue weighted by molar-refractivity contribution is 0.101. The molecule has 0 N–H and O–H groups in total. The van der Waals surface area contributed by atoms with Gasteiger partial charge in [0.2, 0.25) is 0 Å². The molecule has 2 amide bonds. The minimum atomic E-state index is 0.0651. The summed E-state index contributed by atoms with van der Waals surface area (Å²) in [5, 5.41) is 0. The average Bonchev–Trinajstić information content (AvgIpc) is 2.36. The van der Waals surface area contributed by atoms with Crippen LogP contribution in [0.1, 0.15) is 29.3 Å². The first-order valence-electron chi connectivity index (χ1n) is 6.18. The van der Waals surface area contributed by atoms with E-state index in [1.807, 2.05) is 36.2 Å². The van der Waals surface area contributed by atoms with Crippen LogP contribution in [0.25, 0.3) is 0 Å². The molecule has 1 aromatic rings. The van der Waals surface area contributed by atoms with E-state index >= 15 is 0 Å². The van der Waals surface area contributed by atoms with Crippen molar-refractivity contribution in [3.63, 3.8) is 0 Å². The van der Waals surface area contributed by atoms with Gasteiger partial charge in [-0.1, -0.05) is 24.3 Å². The Kier molecular flexibility index (Phi) is 3.65. The average molecular weight is 246 g/mol. The molecule has 18 heavy (non-hydrogen) atoms. The molecule has 0 aliphatic carbocycles. The van der Waals surface area contributed by atoms with Crippen LogP contribution in [0.5, 0.6) is 0 Å². The highest BCUT2D eigenvalue weighted by atomic mass is 16.2. The van der Waals surface area contributed by atoms with Gasteiger partial charge in [0.25, 0.3) is 0 Å². The fourth-order valence-electron chi connectivity index (χ4n) is 2.14. The van der Waals surface area contributed by atoms with Crippen molar-refractivity contribution in [3.05, 3.63) is 35.4 Å². The van der Waals surface area contributed by atoms with Gasteiger partial charge in [0.05, 0.1) is 0 Å². The topological polar surface area (TPSA) is 40.6 Å². The standard InChI is InChI=1S/C14H18N2O2/c1-11(17)13-6-4-12(5-7-13)10-16-9-3-8-15(2)14(16)18/h4-7H,3,8-10H2,1-2H3. The van der Waals surface area contributed by atoms with E-state index in [9.17, 15) is 9.59 Å². The smallest absolute Gasteiger partial charge is 0.320 e. The van der Waals surface area contributed by atoms with Crippen LogP contribution < -0.4 is 0 Å². The van der Waals surface area contributed by atoms with Gasteiger partial charge < -0.3 is 9.80 Å². The molecule has 1 heterocycles. The van der Waals surface area contributed by atoms with Crippen molar-refractivity contribution in [1.29, 1.82) is 0 Å². The number of amides is 2. The highest BCUT2D eigenvalue weighted by Crippen LogP contribution is 2.13. The van der Waals surface area contributed by atoms with Crippen LogP contribution in [0.15, 0.2) is 24.3 Å². The third-order valence-corrected chi connectivity index (χ3v) is 3.25. The largest absolute Gasteiger partial charge is 0.328 e. The summed E-state index contributed by atoms with van der Waals surface area (Å²) >= 11 is 0. The summed E-state index contributed by atoms with van der Waals surface area (Å²) in [6.45, 7) is 3.80. The van der Waals surface area contributed by atoms with Crippen LogP contribution in [0.4, 0.5) is 4.79 Å². The number of Topliss-reactive ketones (excluding diaryl/α,β-unsaturated/α-hetero) is 1. The minimum Gasteiger partial charge on any atom is -0.328 e. The summed E-state index contributed by atoms with van der Waals surface area (Å²) in [4.78, 5) is 26.7. The van der Waals surface area contributed by atoms with Gasteiger partial charge in [-0.2, -0.15) is 0 Å². The van der Waals surface area contributed by atoms with Crippen LogP contribution >= 0.6 is 0 Å². The van der Waals surface area contributed by atoms with Crippen LogP contribution in [-0.2, 0) is 6.54 Å². The number of carbonyl (C=O) groups excluding carboxylic acids is 2. The van der Waals surface area contributed by atoms with E-state index in [-0.39, 0.29) is 11.8 Å². The fourth-order valence-corrected chi connectivity index (χ4v) is 2.14. The molecule has 0 atom stereocenters. The van der Waals surface area contributed by atoms with Crippen molar-refractivity contribution in [3.8, 4) is 0 Å². The summed E-state index contributed by atoms with van der Waals surface area (Å²) in [5.74, 6) is 0.0651. The molecule has 0 spiro atoms. The molecule has 1 aliphatic heterocycles. The first kappa shape index (κ1) is 12.6. The van der Waals surface area contributed by atoms with Crippen molar-refractivity contribution in [2.24, 2.45) is 0 Å². The Bertz CT molecular complexity index is 453. The Morgan fingerprint density at radius 3 is 2.50 bits per heavy atom. The molecular weight excluding hydrogens is 228 g/mol. The zero-order valence-electron chi connectivity index (χ0n) is 10.8. The normalized spacial score (nSPS) is 16.0. The van der Waals surface area contributed by atoms with Crippen molar-refractivity contribution in [2.45, 2.75) is 19.9 Å². The summed E-state index contributed by atoms with van der Waals surface area (Å²) in [6.07, 6.45) is 1.01. The van der Waals surface area contributed by atoms with Gasteiger partial charge in [0.1, 0.15) is 0 Å². The molecule has 0 radical (unpaired) electrons. The lowest BCUT2D eigenvalue weighted by Gasteiger charge is -2.33. The number of urea groups is 1. The van der Waals surface area contributed by atoms with Crippen LogP contribution in [0, 0.1) is 0 Å². The number of rotatable bonds is 3. The highest BCUT2D eigenvalue weighted by Gasteiger charge is 2.22. The summed E-state index contributed by atoms with van der Waals surface area (Å²) in [7, 11) is 1.83. The van der Waals surface area contributed by atoms with Crippen molar-refractivity contribution in [2.75, 3.05) is 20.1 Å². The van der Waals surface area contributed by atoms with Crippen LogP contribution in [0.2, 0.25) is 0 Å². The molecule has 4 heteroatoms. The monoisotopic (exact) mass is 246 g/mol. The van der Waals surface area contributed by atoms with E-state index < -0.39 is 0 Å². The second-order valence-electron chi connectivity index (χ2n) is 4.73. The summed E-state index contributed by atoms with van der Waals surface area (Å²) in [5.41, 5.74) is 1.77. The molecule has 2 rings (SSSR count). The van der Waals surface area contributed by atoms with Crippen molar-refractivity contribution in [1.82, 2.24) is 9.80 Å². The van der Waals surface area contributed by atoms with Crippen LogP contribution in [0.3, 0.4) is 0 Å². The van der Waals surface area contributed by atoms with Crippen molar-refractivity contribution < 1.29 is 9.59 Å². The predicted octanol–water partition coefficient (Wildman–Crippen LogP) is 2.15. The van der Waals surface area contributed by atoms with E-state index in [4.69, 9.17) is 0 Å². The first-order valence-corrected chi connectivity index (χ1v) is 6.18. The molecular formula is C14H18N2O2. The molecule has 4 nitrogen and oxygen atoms in total. The number of hydrogen-bond acceptors (Lipinski definition) is 2. The van der Waals surface area contributed by atoms with E-state index in [2.05, 4.69) is 0 Å². The molecule has 1 saturated heterocycles. The van der Waals surface area contributed by atoms with Gasteiger partial charge in [0, 0.05) is 32.2 Å². The second-order valence-corrected chi connectivity index (χ2v) is 4.73. The Balaban J connectivity index is 2.04. The molecule has 96 valence electrons. The third-order valence-electron chi connectivity index (χ3n) is 3.25. The lowest BCUT2D eigenvalue weighted by atomic mass is 10.1. The number of ketones is 1. The quantitative estimate of drug-likeness (QED) is 0.767. The SMILES string of the molecule is CC(=O)c1ccc(CN2CCCN(C)C2=O)cc1. The number of benzene rings is 1. The Morgan fingerprint density at radius 1 is 1.22 bits per heavy atom. The zero-order valence-corrected chi connectivity index (χ0v) is 10.8. The van der Waals surface area contributed by atoms with E-state index in [1.54, 1.807) is 11.8 Å². The number of nitrogens with zero attached hydrogens (tertiary/aromatic N) is 2. The fraction of sp³-hybridized carbons (Fsp3) is 0.429. The Morgan fingerprint density at radius 2 is 1.89 bits per heavy atom. The molecule has 1 aromatic carbocycles. The van der Waals surface area contributed by atoms with E-state index in [1.165, 1.54) is 0 Å². The van der Waals surface area contributed by atoms with E-state index in [0.29, 0.717) is 12.1 Å². The van der Waals surface area contributed by atoms with Gasteiger partial charge in [0.15, 0.2) is 5.78 Å². The Labute approximate surface area is 107 Å². The first-order chi connectivity index (χ1) is 8.58. The molecule has 1 aliphatic rings. The predicted molar refractivity (Wildman–Crippen MR) is 69.5 cm³/mol. The van der Waals surface area contributed by atoms with Gasteiger partial charge in [-0.15, -0.1) is 0 Å². The van der Waals surface area contributed by atoms with Crippen LogP contribution in [-0.4, -0.2) is 41.8 Å².